The Hall–Kier alpha value is -1.39. The molecule has 96 valence electrons. The molecule has 4 nitrogen and oxygen atoms in total. The van der Waals surface area contributed by atoms with Crippen LogP contribution < -0.4 is 0 Å². The molecule has 1 saturated heterocycles. The molecule has 0 unspecified atom stereocenters. The Labute approximate surface area is 106 Å². The highest BCUT2D eigenvalue weighted by Crippen LogP contribution is 2.49. The summed E-state index contributed by atoms with van der Waals surface area (Å²) in [5.74, 6) is -0.920. The minimum Gasteiger partial charge on any atom is -0.481 e. The first kappa shape index (κ1) is 11.7. The molecular weight excluding hydrogens is 232 g/mol. The normalized spacial score (nSPS) is 35.1. The van der Waals surface area contributed by atoms with Gasteiger partial charge in [0.2, 0.25) is 0 Å². The second-order valence-electron chi connectivity index (χ2n) is 5.31. The number of carboxylic acid groups (broad SMARTS) is 1. The number of carboxylic acids is 1. The molecule has 1 aromatic rings. The molecule has 2 fully saturated rings. The minimum atomic E-state index is -0.703. The molecule has 1 saturated carbocycles. The summed E-state index contributed by atoms with van der Waals surface area (Å²) in [6, 6.07) is 9.82. The van der Waals surface area contributed by atoms with Crippen molar-refractivity contribution in [3.05, 3.63) is 35.9 Å². The number of ether oxygens (including phenoxy) is 2. The van der Waals surface area contributed by atoms with E-state index in [1.165, 1.54) is 0 Å². The van der Waals surface area contributed by atoms with E-state index in [1.54, 1.807) is 0 Å². The maximum atomic E-state index is 10.8. The zero-order chi connectivity index (χ0) is 12.6. The van der Waals surface area contributed by atoms with E-state index in [4.69, 9.17) is 14.6 Å². The van der Waals surface area contributed by atoms with Crippen LogP contribution in [0.15, 0.2) is 30.3 Å². The first-order chi connectivity index (χ1) is 8.69. The van der Waals surface area contributed by atoms with Gasteiger partial charge in [0.15, 0.2) is 6.29 Å². The summed E-state index contributed by atoms with van der Waals surface area (Å²) in [5.41, 5.74) is 0.954. The van der Waals surface area contributed by atoms with Gasteiger partial charge in [0.25, 0.3) is 0 Å². The molecule has 0 radical (unpaired) electrons. The molecule has 0 aromatic heterocycles. The lowest BCUT2D eigenvalue weighted by Gasteiger charge is -2.49. The SMILES string of the molecule is O=C(O)C1CC2(COC(c3ccccc3)OC2)C1. The summed E-state index contributed by atoms with van der Waals surface area (Å²) in [5, 5.41) is 8.90. The van der Waals surface area contributed by atoms with E-state index >= 15 is 0 Å². The highest BCUT2D eigenvalue weighted by molar-refractivity contribution is 5.71. The van der Waals surface area contributed by atoms with Gasteiger partial charge in [0.05, 0.1) is 19.1 Å². The topological polar surface area (TPSA) is 55.8 Å². The monoisotopic (exact) mass is 248 g/mol. The van der Waals surface area contributed by atoms with Crippen molar-refractivity contribution >= 4 is 5.97 Å². The van der Waals surface area contributed by atoms with Crippen LogP contribution >= 0.6 is 0 Å². The number of hydrogen-bond acceptors (Lipinski definition) is 3. The van der Waals surface area contributed by atoms with E-state index in [0.717, 1.165) is 5.56 Å². The predicted octanol–water partition coefficient (Wildman–Crippen LogP) is 2.21. The standard InChI is InChI=1S/C14H16O4/c15-12(16)11-6-14(7-11)8-17-13(18-9-14)10-4-2-1-3-5-10/h1-5,11,13H,6-9H2,(H,15,16). The number of carbonyl (C=O) groups is 1. The Morgan fingerprint density at radius 2 is 1.78 bits per heavy atom. The Bertz CT molecular complexity index is 426. The summed E-state index contributed by atoms with van der Waals surface area (Å²) < 4.78 is 11.5. The van der Waals surface area contributed by atoms with Gasteiger partial charge in [0, 0.05) is 11.0 Å². The van der Waals surface area contributed by atoms with E-state index < -0.39 is 5.97 Å². The van der Waals surface area contributed by atoms with E-state index in [2.05, 4.69) is 0 Å². The van der Waals surface area contributed by atoms with Crippen molar-refractivity contribution < 1.29 is 19.4 Å². The zero-order valence-corrected chi connectivity index (χ0v) is 10.0. The highest BCUT2D eigenvalue weighted by Gasteiger charge is 2.50. The molecule has 1 spiro atoms. The fraction of sp³-hybridized carbons (Fsp3) is 0.500. The van der Waals surface area contributed by atoms with Gasteiger partial charge in [-0.3, -0.25) is 4.79 Å². The molecule has 0 bridgehead atoms. The Morgan fingerprint density at radius 3 is 2.33 bits per heavy atom. The zero-order valence-electron chi connectivity index (χ0n) is 10.0. The molecule has 1 aromatic carbocycles. The molecule has 0 amide bonds. The number of benzene rings is 1. The Kier molecular flexibility index (Phi) is 2.84. The minimum absolute atomic E-state index is 0.0612. The van der Waals surface area contributed by atoms with E-state index in [1.807, 2.05) is 30.3 Å². The summed E-state index contributed by atoms with van der Waals surface area (Å²) >= 11 is 0. The quantitative estimate of drug-likeness (QED) is 0.871. The van der Waals surface area contributed by atoms with Gasteiger partial charge in [-0.1, -0.05) is 30.3 Å². The molecule has 4 heteroatoms. The van der Waals surface area contributed by atoms with Crippen LogP contribution in [0, 0.1) is 11.3 Å². The average molecular weight is 248 g/mol. The van der Waals surface area contributed by atoms with Gasteiger partial charge < -0.3 is 14.6 Å². The largest absolute Gasteiger partial charge is 0.481 e. The first-order valence-electron chi connectivity index (χ1n) is 6.20. The summed E-state index contributed by atoms with van der Waals surface area (Å²) in [6.07, 6.45) is 1.04. The van der Waals surface area contributed by atoms with E-state index in [0.29, 0.717) is 26.1 Å². The number of rotatable bonds is 2. The third kappa shape index (κ3) is 2.02. The van der Waals surface area contributed by atoms with E-state index in [9.17, 15) is 4.79 Å². The van der Waals surface area contributed by atoms with Crippen molar-refractivity contribution in [1.82, 2.24) is 0 Å². The third-order valence-electron chi connectivity index (χ3n) is 3.86. The van der Waals surface area contributed by atoms with Crippen molar-refractivity contribution in [2.45, 2.75) is 19.1 Å². The highest BCUT2D eigenvalue weighted by atomic mass is 16.7. The Morgan fingerprint density at radius 1 is 1.17 bits per heavy atom. The number of hydrogen-bond donors (Lipinski definition) is 1. The molecule has 1 N–H and O–H groups in total. The molecule has 1 aliphatic carbocycles. The molecule has 3 rings (SSSR count). The first-order valence-corrected chi connectivity index (χ1v) is 6.20. The lowest BCUT2D eigenvalue weighted by Crippen LogP contribution is -2.50. The van der Waals surface area contributed by atoms with Gasteiger partial charge >= 0.3 is 5.97 Å². The fourth-order valence-corrected chi connectivity index (χ4v) is 2.79. The maximum Gasteiger partial charge on any atom is 0.306 e. The Balaban J connectivity index is 1.58. The molecule has 18 heavy (non-hydrogen) atoms. The van der Waals surface area contributed by atoms with Gasteiger partial charge in [-0.15, -0.1) is 0 Å². The lowest BCUT2D eigenvalue weighted by atomic mass is 9.62. The van der Waals surface area contributed by atoms with Crippen LogP contribution in [-0.2, 0) is 14.3 Å². The molecule has 0 atom stereocenters. The van der Waals surface area contributed by atoms with Crippen molar-refractivity contribution in [2.24, 2.45) is 11.3 Å². The van der Waals surface area contributed by atoms with E-state index in [-0.39, 0.29) is 17.6 Å². The van der Waals surface area contributed by atoms with Crippen LogP contribution in [0.5, 0.6) is 0 Å². The summed E-state index contributed by atoms with van der Waals surface area (Å²) in [6.45, 7) is 1.19. The maximum absolute atomic E-state index is 10.8. The summed E-state index contributed by atoms with van der Waals surface area (Å²) in [4.78, 5) is 10.8. The van der Waals surface area contributed by atoms with Gasteiger partial charge in [-0.25, -0.2) is 0 Å². The van der Waals surface area contributed by atoms with Crippen LogP contribution in [0.3, 0.4) is 0 Å². The van der Waals surface area contributed by atoms with Crippen LogP contribution in [0.1, 0.15) is 24.7 Å². The van der Waals surface area contributed by atoms with Crippen LogP contribution in [0.2, 0.25) is 0 Å². The van der Waals surface area contributed by atoms with Gasteiger partial charge in [0.1, 0.15) is 0 Å². The van der Waals surface area contributed by atoms with Crippen molar-refractivity contribution in [1.29, 1.82) is 0 Å². The number of aliphatic carboxylic acids is 1. The van der Waals surface area contributed by atoms with Crippen LogP contribution in [-0.4, -0.2) is 24.3 Å². The fourth-order valence-electron chi connectivity index (χ4n) is 2.79. The van der Waals surface area contributed by atoms with Crippen LogP contribution in [0.4, 0.5) is 0 Å². The second kappa shape index (κ2) is 4.37. The van der Waals surface area contributed by atoms with Gasteiger partial charge in [-0.05, 0) is 12.8 Å². The molecule has 2 aliphatic rings. The van der Waals surface area contributed by atoms with Crippen LogP contribution in [0.25, 0.3) is 0 Å². The molecule has 1 aliphatic heterocycles. The lowest BCUT2D eigenvalue weighted by molar-refractivity contribution is -0.259. The third-order valence-corrected chi connectivity index (χ3v) is 3.86. The summed E-state index contributed by atoms with van der Waals surface area (Å²) in [7, 11) is 0. The smallest absolute Gasteiger partial charge is 0.306 e. The average Bonchev–Trinajstić information content (AvgIpc) is 2.37. The second-order valence-corrected chi connectivity index (χ2v) is 5.31. The van der Waals surface area contributed by atoms with Crippen molar-refractivity contribution in [2.75, 3.05) is 13.2 Å². The van der Waals surface area contributed by atoms with Crippen molar-refractivity contribution in [3.63, 3.8) is 0 Å². The van der Waals surface area contributed by atoms with Gasteiger partial charge in [-0.2, -0.15) is 0 Å². The predicted molar refractivity (Wildman–Crippen MR) is 63.9 cm³/mol. The van der Waals surface area contributed by atoms with Crippen molar-refractivity contribution in [3.8, 4) is 0 Å². The molecular formula is C14H16O4. The molecule has 1 heterocycles.